The second kappa shape index (κ2) is 14.1. The summed E-state index contributed by atoms with van der Waals surface area (Å²) in [6.07, 6.45) is 8.61. The van der Waals surface area contributed by atoms with Crippen LogP contribution in [0.2, 0.25) is 0 Å². The van der Waals surface area contributed by atoms with E-state index in [1.54, 1.807) is 6.07 Å². The zero-order chi connectivity index (χ0) is 40.4. The van der Waals surface area contributed by atoms with E-state index < -0.39 is 5.41 Å². The molecule has 0 aromatic heterocycles. The first-order valence-electron chi connectivity index (χ1n) is 20.6. The predicted molar refractivity (Wildman–Crippen MR) is 243 cm³/mol. The lowest BCUT2D eigenvalue weighted by atomic mass is 9.65. The average Bonchev–Trinajstić information content (AvgIpc) is 3.78. The number of rotatable bonds is 6. The Morgan fingerprint density at radius 1 is 0.550 bits per heavy atom. The standard InChI is InChI=1S/C57H39FN2/c1-37-31-51-55(52(58)32-37)47-22-11-12-24-49(47)57(51)50-25-13-21-42(36-59)54(50)48-23-14-26-53(56(48)57)60(45-29-27-41(28-30-45)38-15-5-2-6-16-38)46-34-43(39-17-7-3-8-18-39)33-44(35-46)40-19-9-4-10-20-40/h2-35,47,49H,1H3. The van der Waals surface area contributed by atoms with E-state index in [1.165, 1.54) is 0 Å². The fourth-order valence-electron chi connectivity index (χ4n) is 10.5. The van der Waals surface area contributed by atoms with Crippen LogP contribution in [-0.4, -0.2) is 0 Å². The molecule has 3 atom stereocenters. The average molecular weight is 771 g/mol. The van der Waals surface area contributed by atoms with Crippen LogP contribution < -0.4 is 4.90 Å². The summed E-state index contributed by atoms with van der Waals surface area (Å²) >= 11 is 0. The van der Waals surface area contributed by atoms with Gasteiger partial charge in [0.2, 0.25) is 0 Å². The maximum atomic E-state index is 16.7. The van der Waals surface area contributed by atoms with Gasteiger partial charge in [0.1, 0.15) is 5.82 Å². The van der Waals surface area contributed by atoms with E-state index in [4.69, 9.17) is 0 Å². The maximum absolute atomic E-state index is 16.7. The van der Waals surface area contributed by atoms with Crippen molar-refractivity contribution in [2.45, 2.75) is 18.3 Å². The van der Waals surface area contributed by atoms with Crippen molar-refractivity contribution in [2.75, 3.05) is 4.90 Å². The first kappa shape index (κ1) is 35.6. The number of hydrogen-bond acceptors (Lipinski definition) is 2. The second-order valence-corrected chi connectivity index (χ2v) is 16.1. The molecule has 1 spiro atoms. The maximum Gasteiger partial charge on any atom is 0.127 e. The van der Waals surface area contributed by atoms with Crippen molar-refractivity contribution < 1.29 is 4.39 Å². The van der Waals surface area contributed by atoms with Crippen molar-refractivity contribution in [3.63, 3.8) is 0 Å². The highest BCUT2D eigenvalue weighted by atomic mass is 19.1. The zero-order valence-corrected chi connectivity index (χ0v) is 33.1. The van der Waals surface area contributed by atoms with Crippen molar-refractivity contribution in [3.8, 4) is 50.6 Å². The highest BCUT2D eigenvalue weighted by Gasteiger charge is 2.59. The lowest BCUT2D eigenvalue weighted by Gasteiger charge is -2.39. The highest BCUT2D eigenvalue weighted by Crippen LogP contribution is 2.68. The van der Waals surface area contributed by atoms with Crippen LogP contribution in [0.15, 0.2) is 206 Å². The Morgan fingerprint density at radius 3 is 1.80 bits per heavy atom. The molecular weight excluding hydrogens is 732 g/mol. The number of allylic oxidation sites excluding steroid dienone is 4. The molecule has 8 aromatic rings. The fraction of sp³-hybridized carbons (Fsp3) is 0.0702. The van der Waals surface area contributed by atoms with Crippen LogP contribution in [0.5, 0.6) is 0 Å². The van der Waals surface area contributed by atoms with E-state index in [2.05, 4.69) is 193 Å². The van der Waals surface area contributed by atoms with Crippen LogP contribution in [-0.2, 0) is 5.41 Å². The first-order chi connectivity index (χ1) is 29.5. The van der Waals surface area contributed by atoms with Gasteiger partial charge in [-0.25, -0.2) is 4.39 Å². The molecule has 3 aliphatic rings. The molecule has 2 nitrogen and oxygen atoms in total. The van der Waals surface area contributed by atoms with Crippen molar-refractivity contribution in [1.29, 1.82) is 5.26 Å². The molecule has 8 aromatic carbocycles. The molecule has 60 heavy (non-hydrogen) atoms. The summed E-state index contributed by atoms with van der Waals surface area (Å²) in [4.78, 5) is 2.40. The highest BCUT2D eigenvalue weighted by molar-refractivity contribution is 5.97. The Balaban J connectivity index is 1.25. The number of hydrogen-bond donors (Lipinski definition) is 0. The van der Waals surface area contributed by atoms with Crippen LogP contribution in [0, 0.1) is 30.0 Å². The van der Waals surface area contributed by atoms with Crippen LogP contribution in [0.4, 0.5) is 21.5 Å². The third-order valence-electron chi connectivity index (χ3n) is 12.8. The Hall–Kier alpha value is -7.54. The molecule has 3 heteroatoms. The molecule has 3 aliphatic carbocycles. The van der Waals surface area contributed by atoms with Crippen LogP contribution >= 0.6 is 0 Å². The minimum Gasteiger partial charge on any atom is -0.310 e. The number of benzene rings is 8. The van der Waals surface area contributed by atoms with E-state index in [0.717, 1.165) is 89.4 Å². The molecule has 0 bridgehead atoms. The monoisotopic (exact) mass is 770 g/mol. The van der Waals surface area contributed by atoms with Crippen molar-refractivity contribution in [3.05, 3.63) is 245 Å². The molecule has 0 N–H and O–H groups in total. The van der Waals surface area contributed by atoms with Gasteiger partial charge in [0.15, 0.2) is 0 Å². The van der Waals surface area contributed by atoms with Crippen molar-refractivity contribution >= 4 is 17.1 Å². The summed E-state index contributed by atoms with van der Waals surface area (Å²) in [7, 11) is 0. The van der Waals surface area contributed by atoms with E-state index in [9.17, 15) is 5.26 Å². The normalized spacial score (nSPS) is 17.8. The minimum atomic E-state index is -0.802. The molecule has 0 saturated heterocycles. The Bertz CT molecular complexity index is 3010. The largest absolute Gasteiger partial charge is 0.310 e. The summed E-state index contributed by atoms with van der Waals surface area (Å²) < 4.78 is 16.7. The molecule has 3 unspecified atom stereocenters. The number of halogens is 1. The van der Waals surface area contributed by atoms with Crippen LogP contribution in [0.1, 0.15) is 39.3 Å². The molecule has 0 fully saturated rings. The third-order valence-corrected chi connectivity index (χ3v) is 12.8. The molecule has 0 radical (unpaired) electrons. The molecule has 284 valence electrons. The molecule has 11 rings (SSSR count). The van der Waals surface area contributed by atoms with Gasteiger partial charge in [0, 0.05) is 28.8 Å². The number of nitrogens with zero attached hydrogens (tertiary/aromatic N) is 2. The van der Waals surface area contributed by atoms with Gasteiger partial charge in [-0.2, -0.15) is 5.26 Å². The predicted octanol–water partition coefficient (Wildman–Crippen LogP) is 14.6. The van der Waals surface area contributed by atoms with Gasteiger partial charge in [-0.05, 0) is 122 Å². The van der Waals surface area contributed by atoms with Gasteiger partial charge in [0.25, 0.3) is 0 Å². The van der Waals surface area contributed by atoms with Gasteiger partial charge in [-0.15, -0.1) is 0 Å². The van der Waals surface area contributed by atoms with E-state index in [0.29, 0.717) is 5.56 Å². The molecule has 0 heterocycles. The molecular formula is C57H39FN2. The van der Waals surface area contributed by atoms with Gasteiger partial charge >= 0.3 is 0 Å². The SMILES string of the molecule is Cc1cc(F)c2c(c1)C1(c3cccc(C#N)c3-c3cccc(N(c4ccc(-c5ccccc5)cc4)c4cc(-c5ccccc5)cc(-c5ccccc5)c4)c31)C1C=CC=CC21. The number of nitriles is 1. The van der Waals surface area contributed by atoms with Crippen molar-refractivity contribution in [2.24, 2.45) is 5.92 Å². The van der Waals surface area contributed by atoms with Gasteiger partial charge in [0.05, 0.1) is 22.7 Å². The molecule has 0 amide bonds. The minimum absolute atomic E-state index is 0.137. The van der Waals surface area contributed by atoms with Crippen LogP contribution in [0.25, 0.3) is 44.5 Å². The summed E-state index contributed by atoms with van der Waals surface area (Å²) in [6, 6.07) is 66.3. The summed E-state index contributed by atoms with van der Waals surface area (Å²) in [5.41, 5.74) is 16.1. The fourth-order valence-corrected chi connectivity index (χ4v) is 10.5. The Labute approximate surface area is 350 Å². The van der Waals surface area contributed by atoms with Gasteiger partial charge in [-0.3, -0.25) is 0 Å². The van der Waals surface area contributed by atoms with E-state index in [-0.39, 0.29) is 17.7 Å². The molecule has 0 saturated carbocycles. The third kappa shape index (κ3) is 5.38. The quantitative estimate of drug-likeness (QED) is 0.168. The lowest BCUT2D eigenvalue weighted by molar-refractivity contribution is 0.463. The number of anilines is 3. The topological polar surface area (TPSA) is 27.0 Å². The number of aryl methyl sites for hydroxylation is 1. The van der Waals surface area contributed by atoms with Gasteiger partial charge in [-0.1, -0.05) is 158 Å². The smallest absolute Gasteiger partial charge is 0.127 e. The second-order valence-electron chi connectivity index (χ2n) is 16.1. The Kier molecular flexibility index (Phi) is 8.36. The van der Waals surface area contributed by atoms with E-state index >= 15 is 4.39 Å². The van der Waals surface area contributed by atoms with E-state index in [1.807, 2.05) is 25.1 Å². The summed E-state index contributed by atoms with van der Waals surface area (Å²) in [6.45, 7) is 1.99. The zero-order valence-electron chi connectivity index (χ0n) is 33.1. The van der Waals surface area contributed by atoms with Gasteiger partial charge < -0.3 is 4.90 Å². The molecule has 0 aliphatic heterocycles. The number of fused-ring (bicyclic) bond motifs is 10. The summed E-state index contributed by atoms with van der Waals surface area (Å²) in [5, 5.41) is 10.8. The van der Waals surface area contributed by atoms with Crippen LogP contribution in [0.3, 0.4) is 0 Å². The summed E-state index contributed by atoms with van der Waals surface area (Å²) in [5.74, 6) is -0.508. The lowest BCUT2D eigenvalue weighted by Crippen LogP contribution is -2.34. The first-order valence-corrected chi connectivity index (χ1v) is 20.6. The van der Waals surface area contributed by atoms with Crippen molar-refractivity contribution in [1.82, 2.24) is 0 Å². The Morgan fingerprint density at radius 2 is 1.15 bits per heavy atom.